The zero-order chi connectivity index (χ0) is 28.3. The number of nitrogens with zero attached hydrogens (tertiary/aromatic N) is 4. The van der Waals surface area contributed by atoms with Crippen molar-refractivity contribution in [1.82, 2.24) is 25.2 Å². The second kappa shape index (κ2) is 11.6. The van der Waals surface area contributed by atoms with Gasteiger partial charge in [-0.3, -0.25) is 19.8 Å². The molecule has 0 radical (unpaired) electrons. The number of hydrogen-bond donors (Lipinski definition) is 3. The molecule has 2 aliphatic rings. The number of pyridine rings is 1. The summed E-state index contributed by atoms with van der Waals surface area (Å²) in [5.74, 6) is -0.575. The first kappa shape index (κ1) is 28.3. The predicted octanol–water partition coefficient (Wildman–Crippen LogP) is 1.93. The molecule has 4 amide bonds. The molecular formula is C28H38N6O5. The highest BCUT2D eigenvalue weighted by Gasteiger charge is 2.50. The van der Waals surface area contributed by atoms with Gasteiger partial charge in [0, 0.05) is 45.1 Å². The van der Waals surface area contributed by atoms with Crippen LogP contribution in [-0.4, -0.2) is 82.5 Å². The Hall–Kier alpha value is -3.70. The van der Waals surface area contributed by atoms with Crippen LogP contribution in [0.4, 0.5) is 4.79 Å². The van der Waals surface area contributed by atoms with Gasteiger partial charge >= 0.3 is 6.03 Å². The topological polar surface area (TPSA) is 141 Å². The van der Waals surface area contributed by atoms with E-state index in [9.17, 15) is 19.6 Å². The highest BCUT2D eigenvalue weighted by atomic mass is 16.5. The maximum Gasteiger partial charge on any atom is 0.319 e. The van der Waals surface area contributed by atoms with Crippen molar-refractivity contribution in [2.24, 2.45) is 11.7 Å². The van der Waals surface area contributed by atoms with E-state index in [0.29, 0.717) is 50.3 Å². The summed E-state index contributed by atoms with van der Waals surface area (Å²) in [6.45, 7) is 5.49. The molecule has 2 aromatic rings. The number of piperidine rings is 1. The highest BCUT2D eigenvalue weighted by Crippen LogP contribution is 2.36. The van der Waals surface area contributed by atoms with E-state index in [-0.39, 0.29) is 24.4 Å². The van der Waals surface area contributed by atoms with E-state index in [1.54, 1.807) is 48.7 Å². The number of hydrogen-bond acceptors (Lipinski definition) is 7. The predicted molar refractivity (Wildman–Crippen MR) is 144 cm³/mol. The number of ether oxygens (including phenoxy) is 1. The van der Waals surface area contributed by atoms with Crippen LogP contribution in [0, 0.1) is 19.8 Å². The largest absolute Gasteiger partial charge is 0.489 e. The second-order valence-electron chi connectivity index (χ2n) is 10.7. The summed E-state index contributed by atoms with van der Waals surface area (Å²) in [6.07, 6.45) is 1.39. The molecule has 4 N–H and O–H groups in total. The average Bonchev–Trinajstić information content (AvgIpc) is 3.22. The molecular weight excluding hydrogens is 500 g/mol. The number of nitrogens with two attached hydrogens (primary N) is 1. The molecule has 2 aliphatic heterocycles. The molecule has 210 valence electrons. The summed E-state index contributed by atoms with van der Waals surface area (Å²) in [6, 6.07) is 10.1. The number of hydroxylamine groups is 1. The van der Waals surface area contributed by atoms with E-state index < -0.39 is 17.5 Å². The Kier molecular flexibility index (Phi) is 8.41. The molecule has 2 unspecified atom stereocenters. The number of carbonyl (C=O) groups is 3. The average molecular weight is 539 g/mol. The van der Waals surface area contributed by atoms with Crippen LogP contribution in [-0.2, 0) is 21.7 Å². The molecule has 4 rings (SSSR count). The Balaban J connectivity index is 1.44. The number of likely N-dealkylation sites (tertiary alicyclic amines) is 2. The molecule has 1 aromatic heterocycles. The van der Waals surface area contributed by atoms with Gasteiger partial charge in [0.25, 0.3) is 5.91 Å². The highest BCUT2D eigenvalue weighted by molar-refractivity contribution is 5.94. The molecule has 3 heterocycles. The lowest BCUT2D eigenvalue weighted by Crippen LogP contribution is -2.56. The minimum absolute atomic E-state index is 0.0896. The van der Waals surface area contributed by atoms with Gasteiger partial charge < -0.3 is 25.2 Å². The van der Waals surface area contributed by atoms with Gasteiger partial charge in [0.1, 0.15) is 23.9 Å². The van der Waals surface area contributed by atoms with Crippen LogP contribution in [0.1, 0.15) is 41.8 Å². The van der Waals surface area contributed by atoms with Crippen molar-refractivity contribution in [3.63, 3.8) is 0 Å². The molecule has 11 nitrogen and oxygen atoms in total. The summed E-state index contributed by atoms with van der Waals surface area (Å²) >= 11 is 0. The van der Waals surface area contributed by atoms with Crippen molar-refractivity contribution in [1.29, 1.82) is 0 Å². The van der Waals surface area contributed by atoms with Gasteiger partial charge in [0.05, 0.1) is 0 Å². The number of urea groups is 1. The van der Waals surface area contributed by atoms with Gasteiger partial charge in [-0.15, -0.1) is 0 Å². The van der Waals surface area contributed by atoms with Crippen molar-refractivity contribution >= 4 is 17.8 Å². The normalized spacial score (nSPS) is 20.6. The van der Waals surface area contributed by atoms with Gasteiger partial charge in [0.15, 0.2) is 0 Å². The monoisotopic (exact) mass is 538 g/mol. The van der Waals surface area contributed by atoms with Gasteiger partial charge in [-0.2, -0.15) is 0 Å². The number of amides is 4. The van der Waals surface area contributed by atoms with E-state index in [0.717, 1.165) is 17.0 Å². The Morgan fingerprint density at radius 3 is 2.33 bits per heavy atom. The Morgan fingerprint density at radius 1 is 1.15 bits per heavy atom. The molecule has 2 atom stereocenters. The number of nitrogens with one attached hydrogen (secondary N) is 1. The fourth-order valence-corrected chi connectivity index (χ4v) is 5.68. The van der Waals surface area contributed by atoms with Crippen LogP contribution in [0.25, 0.3) is 0 Å². The number of carbonyl (C=O) groups excluding carboxylic acids is 3. The minimum atomic E-state index is -1.30. The zero-order valence-electron chi connectivity index (χ0n) is 23.0. The molecule has 0 bridgehead atoms. The minimum Gasteiger partial charge on any atom is -0.489 e. The number of aryl methyl sites for hydroxylation is 2. The fourth-order valence-electron chi connectivity index (χ4n) is 5.68. The van der Waals surface area contributed by atoms with Gasteiger partial charge in [-0.25, -0.2) is 10.3 Å². The van der Waals surface area contributed by atoms with Gasteiger partial charge in [0.2, 0.25) is 5.91 Å². The quantitative estimate of drug-likeness (QED) is 0.361. The standard InChI is InChI=1S/C28H38N6O5/c1-18-15-20(16-19(2)30-18)17-39-23-7-5-22(6-8-23)28(29)11-14-34(26(28)36)24(25(35)31-38)21-9-12-33(13-10-21)27(37)32(3)4/h5-8,15-16,21,24,38H,9-14,17,29H2,1-4H3,(H,31,35). The van der Waals surface area contributed by atoms with Crippen LogP contribution < -0.4 is 16.0 Å². The molecule has 2 saturated heterocycles. The first-order chi connectivity index (χ1) is 18.5. The van der Waals surface area contributed by atoms with Gasteiger partial charge in [-0.1, -0.05) is 12.1 Å². The SMILES string of the molecule is Cc1cc(COc2ccc(C3(N)CCN(C(C(=O)NO)C4CCN(C(=O)N(C)C)CC4)C3=O)cc2)cc(C)n1. The first-order valence-corrected chi connectivity index (χ1v) is 13.2. The van der Waals surface area contributed by atoms with E-state index >= 15 is 0 Å². The van der Waals surface area contributed by atoms with E-state index in [1.165, 1.54) is 9.80 Å². The Morgan fingerprint density at radius 2 is 1.77 bits per heavy atom. The van der Waals surface area contributed by atoms with Crippen LogP contribution >= 0.6 is 0 Å². The number of aromatic nitrogens is 1. The molecule has 39 heavy (non-hydrogen) atoms. The van der Waals surface area contributed by atoms with E-state index in [4.69, 9.17) is 10.5 Å². The lowest BCUT2D eigenvalue weighted by molar-refractivity contribution is -0.147. The summed E-state index contributed by atoms with van der Waals surface area (Å²) in [7, 11) is 3.39. The van der Waals surface area contributed by atoms with Crippen LogP contribution in [0.3, 0.4) is 0 Å². The van der Waals surface area contributed by atoms with Crippen LogP contribution in [0.2, 0.25) is 0 Å². The molecule has 11 heteroatoms. The van der Waals surface area contributed by atoms with Crippen molar-refractivity contribution < 1.29 is 24.3 Å². The third kappa shape index (κ3) is 5.99. The number of benzene rings is 1. The second-order valence-corrected chi connectivity index (χ2v) is 10.7. The summed E-state index contributed by atoms with van der Waals surface area (Å²) in [5.41, 5.74) is 10.6. The molecule has 0 spiro atoms. The Bertz CT molecular complexity index is 1190. The van der Waals surface area contributed by atoms with E-state index in [1.807, 2.05) is 26.0 Å². The van der Waals surface area contributed by atoms with Crippen molar-refractivity contribution in [2.45, 2.75) is 51.3 Å². The zero-order valence-corrected chi connectivity index (χ0v) is 23.0. The molecule has 0 aliphatic carbocycles. The van der Waals surface area contributed by atoms with Crippen molar-refractivity contribution in [2.75, 3.05) is 33.7 Å². The van der Waals surface area contributed by atoms with Crippen LogP contribution in [0.5, 0.6) is 5.75 Å². The number of rotatable bonds is 7. The van der Waals surface area contributed by atoms with Crippen molar-refractivity contribution in [3.05, 3.63) is 58.9 Å². The maximum absolute atomic E-state index is 13.7. The third-order valence-corrected chi connectivity index (χ3v) is 7.66. The van der Waals surface area contributed by atoms with Crippen molar-refractivity contribution in [3.8, 4) is 5.75 Å². The summed E-state index contributed by atoms with van der Waals surface area (Å²) in [5, 5.41) is 9.48. The smallest absolute Gasteiger partial charge is 0.319 e. The lowest BCUT2D eigenvalue weighted by Gasteiger charge is -2.39. The Labute approximate surface area is 228 Å². The van der Waals surface area contributed by atoms with E-state index in [2.05, 4.69) is 4.98 Å². The third-order valence-electron chi connectivity index (χ3n) is 7.66. The molecule has 0 saturated carbocycles. The first-order valence-electron chi connectivity index (χ1n) is 13.2. The van der Waals surface area contributed by atoms with Gasteiger partial charge in [-0.05, 0) is 74.4 Å². The van der Waals surface area contributed by atoms with Crippen LogP contribution in [0.15, 0.2) is 36.4 Å². The fraction of sp³-hybridized carbons (Fsp3) is 0.500. The molecule has 2 fully saturated rings. The molecule has 1 aromatic carbocycles. The lowest BCUT2D eigenvalue weighted by atomic mass is 9.87. The summed E-state index contributed by atoms with van der Waals surface area (Å²) in [4.78, 5) is 47.9. The summed E-state index contributed by atoms with van der Waals surface area (Å²) < 4.78 is 5.93. The maximum atomic E-state index is 13.7.